The van der Waals surface area contributed by atoms with Gasteiger partial charge in [-0.15, -0.1) is 0 Å². The summed E-state index contributed by atoms with van der Waals surface area (Å²) in [5, 5.41) is 3.95. The lowest BCUT2D eigenvalue weighted by Crippen LogP contribution is -2.02. The molecule has 0 aliphatic rings. The number of hydrogen-bond acceptors (Lipinski definition) is 1. The Labute approximate surface area is 112 Å². The third kappa shape index (κ3) is 2.82. The number of rotatable bonds is 3. The van der Waals surface area contributed by atoms with Crippen molar-refractivity contribution in [2.45, 2.75) is 20.4 Å². The molecule has 0 unspecified atom stereocenters. The summed E-state index contributed by atoms with van der Waals surface area (Å²) in [6.45, 7) is 4.49. The molecular formula is C15H15ClFN. The first-order chi connectivity index (χ1) is 8.58. The predicted molar refractivity (Wildman–Crippen MR) is 74.7 cm³/mol. The Bertz CT molecular complexity index is 564. The molecule has 0 radical (unpaired) electrons. The van der Waals surface area contributed by atoms with Crippen molar-refractivity contribution < 1.29 is 4.39 Å². The topological polar surface area (TPSA) is 12.0 Å². The molecule has 0 aliphatic carbocycles. The highest BCUT2D eigenvalue weighted by Crippen LogP contribution is 2.25. The standard InChI is InChI=1S/C15H15ClFN/c1-10-6-7-13(17)8-12(10)9-18-14-5-3-4-11(2)15(14)16/h3-8,18H,9H2,1-2H3. The highest BCUT2D eigenvalue weighted by atomic mass is 35.5. The summed E-state index contributed by atoms with van der Waals surface area (Å²) in [5.74, 6) is -0.215. The van der Waals surface area contributed by atoms with Gasteiger partial charge in [-0.05, 0) is 48.7 Å². The zero-order valence-electron chi connectivity index (χ0n) is 10.4. The van der Waals surface area contributed by atoms with Crippen LogP contribution < -0.4 is 5.32 Å². The van der Waals surface area contributed by atoms with Gasteiger partial charge in [0.1, 0.15) is 5.82 Å². The van der Waals surface area contributed by atoms with Crippen LogP contribution in [0.25, 0.3) is 0 Å². The molecule has 2 aromatic rings. The summed E-state index contributed by atoms with van der Waals surface area (Å²) in [5.41, 5.74) is 3.90. The van der Waals surface area contributed by atoms with E-state index in [0.717, 1.165) is 22.4 Å². The van der Waals surface area contributed by atoms with Crippen LogP contribution in [0.2, 0.25) is 5.02 Å². The van der Waals surface area contributed by atoms with Gasteiger partial charge in [-0.1, -0.05) is 29.8 Å². The maximum atomic E-state index is 13.2. The molecule has 0 saturated carbocycles. The summed E-state index contributed by atoms with van der Waals surface area (Å²) >= 11 is 6.19. The zero-order valence-corrected chi connectivity index (χ0v) is 11.2. The summed E-state index contributed by atoms with van der Waals surface area (Å²) in [4.78, 5) is 0. The van der Waals surface area contributed by atoms with Crippen molar-refractivity contribution in [3.63, 3.8) is 0 Å². The highest BCUT2D eigenvalue weighted by molar-refractivity contribution is 6.33. The number of nitrogens with one attached hydrogen (secondary N) is 1. The largest absolute Gasteiger partial charge is 0.380 e. The van der Waals surface area contributed by atoms with E-state index in [1.165, 1.54) is 6.07 Å². The Hall–Kier alpha value is -1.54. The van der Waals surface area contributed by atoms with Crippen molar-refractivity contribution in [1.29, 1.82) is 0 Å². The summed E-state index contributed by atoms with van der Waals surface area (Å²) < 4.78 is 13.2. The Morgan fingerprint density at radius 2 is 1.89 bits per heavy atom. The quantitative estimate of drug-likeness (QED) is 0.846. The predicted octanol–water partition coefficient (Wildman–Crippen LogP) is 4.71. The second-order valence-electron chi connectivity index (χ2n) is 4.36. The van der Waals surface area contributed by atoms with Gasteiger partial charge in [0.2, 0.25) is 0 Å². The van der Waals surface area contributed by atoms with Gasteiger partial charge in [0.05, 0.1) is 10.7 Å². The minimum Gasteiger partial charge on any atom is -0.380 e. The minimum absolute atomic E-state index is 0.215. The average molecular weight is 264 g/mol. The summed E-state index contributed by atoms with van der Waals surface area (Å²) in [6.07, 6.45) is 0. The molecular weight excluding hydrogens is 249 g/mol. The molecule has 3 heteroatoms. The van der Waals surface area contributed by atoms with Crippen LogP contribution in [0.5, 0.6) is 0 Å². The number of hydrogen-bond donors (Lipinski definition) is 1. The van der Waals surface area contributed by atoms with Crippen LogP contribution in [-0.4, -0.2) is 0 Å². The molecule has 0 aromatic heterocycles. The second kappa shape index (κ2) is 5.40. The van der Waals surface area contributed by atoms with E-state index in [-0.39, 0.29) is 5.82 Å². The van der Waals surface area contributed by atoms with Gasteiger partial charge in [0.25, 0.3) is 0 Å². The van der Waals surface area contributed by atoms with E-state index in [2.05, 4.69) is 5.32 Å². The van der Waals surface area contributed by atoms with Gasteiger partial charge in [0.15, 0.2) is 0 Å². The molecule has 2 rings (SSSR count). The van der Waals surface area contributed by atoms with E-state index >= 15 is 0 Å². The zero-order chi connectivity index (χ0) is 13.1. The van der Waals surface area contributed by atoms with E-state index in [9.17, 15) is 4.39 Å². The Kier molecular flexibility index (Phi) is 3.87. The van der Waals surface area contributed by atoms with Crippen molar-refractivity contribution in [1.82, 2.24) is 0 Å². The smallest absolute Gasteiger partial charge is 0.123 e. The van der Waals surface area contributed by atoms with Gasteiger partial charge < -0.3 is 5.32 Å². The van der Waals surface area contributed by atoms with Crippen molar-refractivity contribution in [2.24, 2.45) is 0 Å². The van der Waals surface area contributed by atoms with Crippen molar-refractivity contribution in [3.8, 4) is 0 Å². The van der Waals surface area contributed by atoms with Gasteiger partial charge in [0, 0.05) is 6.54 Å². The lowest BCUT2D eigenvalue weighted by atomic mass is 10.1. The average Bonchev–Trinajstić information content (AvgIpc) is 2.35. The van der Waals surface area contributed by atoms with Gasteiger partial charge in [-0.3, -0.25) is 0 Å². The number of anilines is 1. The first-order valence-electron chi connectivity index (χ1n) is 5.82. The summed E-state index contributed by atoms with van der Waals surface area (Å²) in [7, 11) is 0. The van der Waals surface area contributed by atoms with Crippen LogP contribution in [0.3, 0.4) is 0 Å². The van der Waals surface area contributed by atoms with Crippen LogP contribution in [0, 0.1) is 19.7 Å². The SMILES string of the molecule is Cc1ccc(F)cc1CNc1cccc(C)c1Cl. The lowest BCUT2D eigenvalue weighted by molar-refractivity contribution is 0.625. The van der Waals surface area contributed by atoms with Crippen LogP contribution in [0.1, 0.15) is 16.7 Å². The molecule has 0 fully saturated rings. The molecule has 0 atom stereocenters. The van der Waals surface area contributed by atoms with Crippen molar-refractivity contribution in [2.75, 3.05) is 5.32 Å². The van der Waals surface area contributed by atoms with Gasteiger partial charge >= 0.3 is 0 Å². The fourth-order valence-corrected chi connectivity index (χ4v) is 2.00. The molecule has 0 bridgehead atoms. The Morgan fingerprint density at radius 3 is 2.67 bits per heavy atom. The molecule has 2 aromatic carbocycles. The molecule has 0 saturated heterocycles. The monoisotopic (exact) mass is 263 g/mol. The molecule has 1 nitrogen and oxygen atoms in total. The fraction of sp³-hybridized carbons (Fsp3) is 0.200. The highest BCUT2D eigenvalue weighted by Gasteiger charge is 2.04. The van der Waals surface area contributed by atoms with Crippen molar-refractivity contribution >= 4 is 17.3 Å². The molecule has 0 aliphatic heterocycles. The van der Waals surface area contributed by atoms with Gasteiger partial charge in [-0.25, -0.2) is 4.39 Å². The summed E-state index contributed by atoms with van der Waals surface area (Å²) in [6, 6.07) is 10.6. The molecule has 1 N–H and O–H groups in total. The third-order valence-corrected chi connectivity index (χ3v) is 3.47. The van der Waals surface area contributed by atoms with Crippen LogP contribution in [0.4, 0.5) is 10.1 Å². The Balaban J connectivity index is 2.16. The number of benzene rings is 2. The van der Waals surface area contributed by atoms with Gasteiger partial charge in [-0.2, -0.15) is 0 Å². The second-order valence-corrected chi connectivity index (χ2v) is 4.74. The normalized spacial score (nSPS) is 10.4. The van der Waals surface area contributed by atoms with Crippen LogP contribution in [0.15, 0.2) is 36.4 Å². The molecule has 0 spiro atoms. The molecule has 94 valence electrons. The van der Waals surface area contributed by atoms with E-state index < -0.39 is 0 Å². The van der Waals surface area contributed by atoms with E-state index in [1.807, 2.05) is 32.0 Å². The fourth-order valence-electron chi connectivity index (χ4n) is 1.80. The maximum Gasteiger partial charge on any atom is 0.123 e. The molecule has 18 heavy (non-hydrogen) atoms. The van der Waals surface area contributed by atoms with Crippen LogP contribution >= 0.6 is 11.6 Å². The molecule has 0 heterocycles. The minimum atomic E-state index is -0.215. The molecule has 0 amide bonds. The maximum absolute atomic E-state index is 13.2. The first-order valence-corrected chi connectivity index (χ1v) is 6.20. The van der Waals surface area contributed by atoms with E-state index in [4.69, 9.17) is 11.6 Å². The van der Waals surface area contributed by atoms with E-state index in [0.29, 0.717) is 11.6 Å². The van der Waals surface area contributed by atoms with Crippen LogP contribution in [-0.2, 0) is 6.54 Å². The third-order valence-electron chi connectivity index (χ3n) is 2.97. The number of halogens is 2. The van der Waals surface area contributed by atoms with Crippen molar-refractivity contribution in [3.05, 3.63) is 63.9 Å². The lowest BCUT2D eigenvalue weighted by Gasteiger charge is -2.11. The first kappa shape index (κ1) is 12.9. The Morgan fingerprint density at radius 1 is 1.11 bits per heavy atom. The number of aryl methyl sites for hydroxylation is 2. The van der Waals surface area contributed by atoms with E-state index in [1.54, 1.807) is 12.1 Å².